The fourth-order valence-electron chi connectivity index (χ4n) is 2.58. The molecule has 4 nitrogen and oxygen atoms in total. The summed E-state index contributed by atoms with van der Waals surface area (Å²) in [4.78, 5) is 13.8. The molecule has 1 aromatic carbocycles. The molecule has 1 fully saturated rings. The molecule has 0 spiro atoms. The lowest BCUT2D eigenvalue weighted by Gasteiger charge is -2.28. The minimum atomic E-state index is -0.435. The molecule has 2 heterocycles. The van der Waals surface area contributed by atoms with Crippen molar-refractivity contribution < 1.29 is 13.9 Å². The van der Waals surface area contributed by atoms with Crippen molar-refractivity contribution in [3.8, 4) is 0 Å². The molecule has 1 aromatic heterocycles. The lowest BCUT2D eigenvalue weighted by atomic mass is 10.1. The van der Waals surface area contributed by atoms with E-state index in [1.165, 1.54) is 32.1 Å². The van der Waals surface area contributed by atoms with Gasteiger partial charge >= 0.3 is 5.97 Å². The number of benzene rings is 1. The van der Waals surface area contributed by atoms with Crippen molar-refractivity contribution in [1.82, 2.24) is 0 Å². The van der Waals surface area contributed by atoms with Crippen molar-refractivity contribution in [3.63, 3.8) is 0 Å². The summed E-state index contributed by atoms with van der Waals surface area (Å²) in [6, 6.07) is 7.80. The van der Waals surface area contributed by atoms with E-state index in [0.29, 0.717) is 0 Å². The number of hydrogen-bond donors (Lipinski definition) is 0. The Labute approximate surface area is 111 Å². The van der Waals surface area contributed by atoms with Gasteiger partial charge in [-0.15, -0.1) is 0 Å². The number of ether oxygens (including phenoxy) is 1. The van der Waals surface area contributed by atoms with Crippen LogP contribution in [0.15, 0.2) is 28.7 Å². The number of carbonyl (C=O) groups is 1. The maximum absolute atomic E-state index is 11.4. The van der Waals surface area contributed by atoms with Crippen molar-refractivity contribution in [2.75, 3.05) is 25.1 Å². The van der Waals surface area contributed by atoms with E-state index in [0.717, 1.165) is 24.1 Å². The number of furan rings is 1. The summed E-state index contributed by atoms with van der Waals surface area (Å²) in [5.41, 5.74) is 1.92. The number of esters is 1. The summed E-state index contributed by atoms with van der Waals surface area (Å²) in [5, 5.41) is 0.948. The Bertz CT molecular complexity index is 596. The van der Waals surface area contributed by atoms with E-state index in [1.54, 1.807) is 6.07 Å². The van der Waals surface area contributed by atoms with Crippen LogP contribution in [0, 0.1) is 0 Å². The Kier molecular flexibility index (Phi) is 3.15. The van der Waals surface area contributed by atoms with Gasteiger partial charge in [0.25, 0.3) is 0 Å². The molecule has 100 valence electrons. The van der Waals surface area contributed by atoms with Gasteiger partial charge in [-0.2, -0.15) is 0 Å². The van der Waals surface area contributed by atoms with E-state index in [9.17, 15) is 4.79 Å². The SMILES string of the molecule is COC(=O)c1cc2cc(N3CCCCC3)ccc2o1. The van der Waals surface area contributed by atoms with E-state index in [-0.39, 0.29) is 5.76 Å². The third-order valence-electron chi connectivity index (χ3n) is 3.61. The van der Waals surface area contributed by atoms with Gasteiger partial charge in [-0.05, 0) is 43.5 Å². The van der Waals surface area contributed by atoms with Gasteiger partial charge in [0.2, 0.25) is 5.76 Å². The molecule has 19 heavy (non-hydrogen) atoms. The summed E-state index contributed by atoms with van der Waals surface area (Å²) < 4.78 is 10.1. The standard InChI is InChI=1S/C15H17NO3/c1-18-15(17)14-10-11-9-12(5-6-13(11)19-14)16-7-3-2-4-8-16/h5-6,9-10H,2-4,7-8H2,1H3. The quantitative estimate of drug-likeness (QED) is 0.777. The molecule has 0 unspecified atom stereocenters. The molecule has 0 atom stereocenters. The van der Waals surface area contributed by atoms with Gasteiger partial charge < -0.3 is 14.1 Å². The van der Waals surface area contributed by atoms with Crippen molar-refractivity contribution >= 4 is 22.6 Å². The second-order valence-corrected chi connectivity index (χ2v) is 4.87. The predicted octanol–water partition coefficient (Wildman–Crippen LogP) is 3.21. The molecule has 1 saturated heterocycles. The molecule has 3 rings (SSSR count). The highest BCUT2D eigenvalue weighted by Crippen LogP contribution is 2.27. The van der Waals surface area contributed by atoms with Gasteiger partial charge in [0.15, 0.2) is 0 Å². The van der Waals surface area contributed by atoms with Gasteiger partial charge in [-0.1, -0.05) is 0 Å². The van der Waals surface area contributed by atoms with E-state index < -0.39 is 5.97 Å². The number of nitrogens with zero attached hydrogens (tertiary/aromatic N) is 1. The first-order valence-electron chi connectivity index (χ1n) is 6.65. The second kappa shape index (κ2) is 4.96. The number of fused-ring (bicyclic) bond motifs is 1. The molecule has 0 radical (unpaired) electrons. The van der Waals surface area contributed by atoms with Crippen LogP contribution in [0.25, 0.3) is 11.0 Å². The van der Waals surface area contributed by atoms with Crippen molar-refractivity contribution in [2.24, 2.45) is 0 Å². The van der Waals surface area contributed by atoms with Crippen LogP contribution >= 0.6 is 0 Å². The lowest BCUT2D eigenvalue weighted by molar-refractivity contribution is 0.0567. The van der Waals surface area contributed by atoms with Gasteiger partial charge in [0, 0.05) is 24.2 Å². The maximum atomic E-state index is 11.4. The zero-order chi connectivity index (χ0) is 13.2. The molecule has 0 bridgehead atoms. The van der Waals surface area contributed by atoms with Crippen LogP contribution in [0.4, 0.5) is 5.69 Å². The van der Waals surface area contributed by atoms with Crippen molar-refractivity contribution in [2.45, 2.75) is 19.3 Å². The Hall–Kier alpha value is -1.97. The average molecular weight is 259 g/mol. The fraction of sp³-hybridized carbons (Fsp3) is 0.400. The highest BCUT2D eigenvalue weighted by molar-refractivity contribution is 5.93. The maximum Gasteiger partial charge on any atom is 0.373 e. The van der Waals surface area contributed by atoms with Crippen LogP contribution in [0.2, 0.25) is 0 Å². The zero-order valence-electron chi connectivity index (χ0n) is 11.0. The highest BCUT2D eigenvalue weighted by atomic mass is 16.5. The van der Waals surface area contributed by atoms with E-state index >= 15 is 0 Å². The number of hydrogen-bond acceptors (Lipinski definition) is 4. The number of piperidine rings is 1. The van der Waals surface area contributed by atoms with Gasteiger partial charge in [-0.3, -0.25) is 0 Å². The summed E-state index contributed by atoms with van der Waals surface area (Å²) in [6.45, 7) is 2.21. The summed E-state index contributed by atoms with van der Waals surface area (Å²) in [5.74, 6) is -0.177. The first-order valence-corrected chi connectivity index (χ1v) is 6.65. The van der Waals surface area contributed by atoms with E-state index in [1.807, 2.05) is 6.07 Å². The molecule has 1 aliphatic rings. The third kappa shape index (κ3) is 2.30. The van der Waals surface area contributed by atoms with Crippen LogP contribution in [-0.2, 0) is 4.74 Å². The predicted molar refractivity (Wildman–Crippen MR) is 73.6 cm³/mol. The normalized spacial score (nSPS) is 15.7. The molecule has 2 aromatic rings. The molecule has 0 aliphatic carbocycles. The number of anilines is 1. The van der Waals surface area contributed by atoms with Gasteiger partial charge in [0.05, 0.1) is 7.11 Å². The van der Waals surface area contributed by atoms with E-state index in [4.69, 9.17) is 4.42 Å². The Morgan fingerprint density at radius 2 is 2.00 bits per heavy atom. The number of methoxy groups -OCH3 is 1. The Morgan fingerprint density at radius 1 is 1.21 bits per heavy atom. The number of rotatable bonds is 2. The van der Waals surface area contributed by atoms with Crippen LogP contribution < -0.4 is 4.90 Å². The first-order chi connectivity index (χ1) is 9.28. The zero-order valence-corrected chi connectivity index (χ0v) is 11.0. The molecule has 0 saturated carbocycles. The topological polar surface area (TPSA) is 42.7 Å². The van der Waals surface area contributed by atoms with Crippen molar-refractivity contribution in [3.05, 3.63) is 30.0 Å². The van der Waals surface area contributed by atoms with Gasteiger partial charge in [0.1, 0.15) is 5.58 Å². The lowest BCUT2D eigenvalue weighted by Crippen LogP contribution is -2.29. The minimum absolute atomic E-state index is 0.258. The number of carbonyl (C=O) groups excluding carboxylic acids is 1. The molecule has 4 heteroatoms. The minimum Gasteiger partial charge on any atom is -0.463 e. The summed E-state index contributed by atoms with van der Waals surface area (Å²) >= 11 is 0. The van der Waals surface area contributed by atoms with E-state index in [2.05, 4.69) is 21.8 Å². The largest absolute Gasteiger partial charge is 0.463 e. The van der Waals surface area contributed by atoms with Crippen LogP contribution in [0.5, 0.6) is 0 Å². The Morgan fingerprint density at radius 3 is 2.74 bits per heavy atom. The van der Waals surface area contributed by atoms with Crippen molar-refractivity contribution in [1.29, 1.82) is 0 Å². The van der Waals surface area contributed by atoms with Gasteiger partial charge in [-0.25, -0.2) is 4.79 Å². The van der Waals surface area contributed by atoms with Crippen LogP contribution in [0.1, 0.15) is 29.8 Å². The average Bonchev–Trinajstić information content (AvgIpc) is 2.90. The molecule has 0 amide bonds. The monoisotopic (exact) mass is 259 g/mol. The molecule has 1 aliphatic heterocycles. The summed E-state index contributed by atoms with van der Waals surface area (Å²) in [6.07, 6.45) is 3.81. The van der Waals surface area contributed by atoms with Crippen LogP contribution in [-0.4, -0.2) is 26.2 Å². The second-order valence-electron chi connectivity index (χ2n) is 4.87. The molecular weight excluding hydrogens is 242 g/mol. The smallest absolute Gasteiger partial charge is 0.373 e. The van der Waals surface area contributed by atoms with Crippen LogP contribution in [0.3, 0.4) is 0 Å². The summed E-state index contributed by atoms with van der Waals surface area (Å²) in [7, 11) is 1.36. The molecular formula is C15H17NO3. The fourth-order valence-corrected chi connectivity index (χ4v) is 2.58. The third-order valence-corrected chi connectivity index (χ3v) is 3.61. The molecule has 0 N–H and O–H groups in total. The first kappa shape index (κ1) is 12.1. The highest BCUT2D eigenvalue weighted by Gasteiger charge is 2.15. The Balaban J connectivity index is 1.93.